The first-order valence-corrected chi connectivity index (χ1v) is 9.94. The number of nitrogen functional groups attached to an aromatic ring is 1. The highest BCUT2D eigenvalue weighted by molar-refractivity contribution is 7.98. The number of aliphatic hydroxyl groups excluding tert-OH is 1. The van der Waals surface area contributed by atoms with Crippen LogP contribution in [0.2, 0.25) is 0 Å². The van der Waals surface area contributed by atoms with E-state index in [0.717, 1.165) is 5.69 Å². The second kappa shape index (κ2) is 9.15. The first kappa shape index (κ1) is 19.6. The molecule has 140 valence electrons. The molecular formula is C18H14N6O2S2. The van der Waals surface area contributed by atoms with E-state index in [2.05, 4.69) is 21.0 Å². The van der Waals surface area contributed by atoms with Crippen LogP contribution in [0, 0.1) is 22.7 Å². The highest BCUT2D eigenvalue weighted by atomic mass is 32.2. The van der Waals surface area contributed by atoms with E-state index in [1.807, 2.05) is 11.4 Å². The van der Waals surface area contributed by atoms with Gasteiger partial charge in [0.05, 0.1) is 23.4 Å². The molecule has 3 heterocycles. The number of nitriles is 2. The fourth-order valence-electron chi connectivity index (χ4n) is 2.41. The third-order valence-electron chi connectivity index (χ3n) is 3.62. The van der Waals surface area contributed by atoms with Crippen molar-refractivity contribution in [3.63, 3.8) is 0 Å². The topological polar surface area (TPSA) is 142 Å². The molecule has 3 N–H and O–H groups in total. The average Bonchev–Trinajstić information content (AvgIpc) is 3.24. The van der Waals surface area contributed by atoms with Gasteiger partial charge in [-0.1, -0.05) is 11.8 Å². The molecule has 0 amide bonds. The van der Waals surface area contributed by atoms with E-state index in [1.165, 1.54) is 29.3 Å². The summed E-state index contributed by atoms with van der Waals surface area (Å²) in [6, 6.07) is 7.46. The van der Waals surface area contributed by atoms with Gasteiger partial charge < -0.3 is 15.6 Å². The van der Waals surface area contributed by atoms with Gasteiger partial charge in [0.2, 0.25) is 5.88 Å². The molecule has 0 radical (unpaired) electrons. The maximum absolute atomic E-state index is 9.76. The highest BCUT2D eigenvalue weighted by Gasteiger charge is 2.21. The molecule has 0 spiro atoms. The van der Waals surface area contributed by atoms with Crippen LogP contribution in [-0.2, 0) is 5.75 Å². The van der Waals surface area contributed by atoms with Gasteiger partial charge in [-0.15, -0.1) is 11.3 Å². The number of aliphatic hydroxyl groups is 1. The number of thioether (sulfide) groups is 1. The summed E-state index contributed by atoms with van der Waals surface area (Å²) in [5.74, 6) is 0.912. The Morgan fingerprint density at radius 3 is 2.64 bits per heavy atom. The third kappa shape index (κ3) is 4.21. The molecule has 0 saturated carbocycles. The van der Waals surface area contributed by atoms with Gasteiger partial charge in [-0.25, -0.2) is 15.0 Å². The summed E-state index contributed by atoms with van der Waals surface area (Å²) in [7, 11) is 0. The minimum absolute atomic E-state index is 0.0536. The summed E-state index contributed by atoms with van der Waals surface area (Å²) in [6.07, 6.45) is 1.50. The SMILES string of the molecule is N#Cc1c(N)nc(SCc2cscn2)c(C#N)c1-c1ccc(OCCO)nc1. The number of thiazole rings is 1. The van der Waals surface area contributed by atoms with Crippen LogP contribution in [0.25, 0.3) is 11.1 Å². The predicted octanol–water partition coefficient (Wildman–Crippen LogP) is 2.59. The van der Waals surface area contributed by atoms with E-state index < -0.39 is 0 Å². The lowest BCUT2D eigenvalue weighted by atomic mass is 9.98. The van der Waals surface area contributed by atoms with E-state index >= 15 is 0 Å². The molecule has 0 bridgehead atoms. The van der Waals surface area contributed by atoms with Gasteiger partial charge in [-0.2, -0.15) is 10.5 Å². The minimum Gasteiger partial charge on any atom is -0.475 e. The lowest BCUT2D eigenvalue weighted by Crippen LogP contribution is -2.05. The fraction of sp³-hybridized carbons (Fsp3) is 0.167. The van der Waals surface area contributed by atoms with Crippen molar-refractivity contribution in [3.8, 4) is 29.1 Å². The summed E-state index contributed by atoms with van der Waals surface area (Å²) in [5.41, 5.74) is 9.93. The summed E-state index contributed by atoms with van der Waals surface area (Å²) in [6.45, 7) is -0.0000988. The number of rotatable bonds is 7. The Balaban J connectivity index is 2.03. The second-order valence-corrected chi connectivity index (χ2v) is 7.06. The standard InChI is InChI=1S/C18H14N6O2S2/c19-5-13-16(11-1-2-15(22-7-11)26-4-3-25)14(6-20)18(24-17(13)21)28-9-12-8-27-10-23-12/h1-2,7-8,10,25H,3-4,9H2,(H2,21,24). The Kier molecular flexibility index (Phi) is 6.40. The zero-order valence-electron chi connectivity index (χ0n) is 14.5. The van der Waals surface area contributed by atoms with Crippen molar-refractivity contribution in [1.82, 2.24) is 15.0 Å². The number of ether oxygens (including phenoxy) is 1. The summed E-state index contributed by atoms with van der Waals surface area (Å²) in [5, 5.41) is 30.5. The van der Waals surface area contributed by atoms with Gasteiger partial charge in [0.15, 0.2) is 0 Å². The molecule has 3 aromatic heterocycles. The number of aromatic nitrogens is 3. The van der Waals surface area contributed by atoms with E-state index in [4.69, 9.17) is 15.6 Å². The normalized spacial score (nSPS) is 10.2. The molecule has 10 heteroatoms. The molecule has 0 atom stereocenters. The van der Waals surface area contributed by atoms with Crippen LogP contribution in [-0.4, -0.2) is 33.3 Å². The summed E-state index contributed by atoms with van der Waals surface area (Å²) < 4.78 is 5.25. The Morgan fingerprint density at radius 1 is 1.21 bits per heavy atom. The van der Waals surface area contributed by atoms with Crippen LogP contribution >= 0.6 is 23.1 Å². The van der Waals surface area contributed by atoms with E-state index in [-0.39, 0.29) is 30.2 Å². The molecule has 0 aliphatic carbocycles. The van der Waals surface area contributed by atoms with Gasteiger partial charge in [-0.3, -0.25) is 0 Å². The van der Waals surface area contributed by atoms with Crippen molar-refractivity contribution < 1.29 is 9.84 Å². The number of nitrogens with two attached hydrogens (primary N) is 1. The number of pyridine rings is 2. The zero-order valence-corrected chi connectivity index (χ0v) is 16.1. The van der Waals surface area contributed by atoms with Crippen molar-refractivity contribution in [2.24, 2.45) is 0 Å². The monoisotopic (exact) mass is 410 g/mol. The third-order valence-corrected chi connectivity index (χ3v) is 5.27. The Hall–Kier alpha value is -3.18. The molecule has 0 aromatic carbocycles. The molecular weight excluding hydrogens is 396 g/mol. The smallest absolute Gasteiger partial charge is 0.213 e. The molecule has 28 heavy (non-hydrogen) atoms. The van der Waals surface area contributed by atoms with Gasteiger partial charge >= 0.3 is 0 Å². The average molecular weight is 410 g/mol. The summed E-state index contributed by atoms with van der Waals surface area (Å²) in [4.78, 5) is 12.6. The van der Waals surface area contributed by atoms with Crippen molar-refractivity contribution in [3.05, 3.63) is 46.0 Å². The van der Waals surface area contributed by atoms with Crippen LogP contribution in [0.1, 0.15) is 16.8 Å². The van der Waals surface area contributed by atoms with Crippen LogP contribution in [0.5, 0.6) is 5.88 Å². The van der Waals surface area contributed by atoms with Gasteiger partial charge in [0.1, 0.15) is 35.2 Å². The van der Waals surface area contributed by atoms with E-state index in [1.54, 1.807) is 17.6 Å². The van der Waals surface area contributed by atoms with E-state index in [9.17, 15) is 10.5 Å². The molecule has 0 saturated heterocycles. The maximum atomic E-state index is 9.76. The number of nitrogens with zero attached hydrogens (tertiary/aromatic N) is 5. The molecule has 3 aromatic rings. The van der Waals surface area contributed by atoms with Gasteiger partial charge in [-0.05, 0) is 6.07 Å². The molecule has 8 nitrogen and oxygen atoms in total. The Morgan fingerprint density at radius 2 is 2.04 bits per heavy atom. The molecule has 0 unspecified atom stereocenters. The predicted molar refractivity (Wildman–Crippen MR) is 106 cm³/mol. The Labute approximate surface area is 169 Å². The van der Waals surface area contributed by atoms with Crippen LogP contribution in [0.4, 0.5) is 5.82 Å². The largest absolute Gasteiger partial charge is 0.475 e. The van der Waals surface area contributed by atoms with Crippen molar-refractivity contribution in [1.29, 1.82) is 10.5 Å². The first-order chi connectivity index (χ1) is 13.7. The number of hydrogen-bond acceptors (Lipinski definition) is 10. The molecule has 0 aliphatic rings. The van der Waals surface area contributed by atoms with Crippen molar-refractivity contribution >= 4 is 28.9 Å². The lowest BCUT2D eigenvalue weighted by Gasteiger charge is -2.13. The summed E-state index contributed by atoms with van der Waals surface area (Å²) >= 11 is 2.82. The molecule has 0 aliphatic heterocycles. The highest BCUT2D eigenvalue weighted by Crippen LogP contribution is 2.36. The zero-order chi connectivity index (χ0) is 19.9. The Bertz CT molecular complexity index is 1040. The van der Waals surface area contributed by atoms with Crippen molar-refractivity contribution in [2.45, 2.75) is 10.8 Å². The first-order valence-electron chi connectivity index (χ1n) is 8.01. The van der Waals surface area contributed by atoms with Gasteiger partial charge in [0, 0.05) is 34.5 Å². The maximum Gasteiger partial charge on any atom is 0.213 e. The quantitative estimate of drug-likeness (QED) is 0.562. The minimum atomic E-state index is -0.124. The fourth-order valence-corrected chi connectivity index (χ4v) is 3.97. The van der Waals surface area contributed by atoms with Crippen LogP contribution < -0.4 is 10.5 Å². The van der Waals surface area contributed by atoms with Crippen LogP contribution in [0.15, 0.2) is 34.2 Å². The molecule has 0 fully saturated rings. The second-order valence-electron chi connectivity index (χ2n) is 5.38. The van der Waals surface area contributed by atoms with Crippen molar-refractivity contribution in [2.75, 3.05) is 18.9 Å². The number of anilines is 1. The van der Waals surface area contributed by atoms with Crippen LogP contribution in [0.3, 0.4) is 0 Å². The lowest BCUT2D eigenvalue weighted by molar-refractivity contribution is 0.196. The number of hydrogen-bond donors (Lipinski definition) is 2. The van der Waals surface area contributed by atoms with Gasteiger partial charge in [0.25, 0.3) is 0 Å². The van der Waals surface area contributed by atoms with E-state index in [0.29, 0.717) is 27.8 Å². The molecule has 3 rings (SSSR count).